The molecule has 2 fully saturated rings. The summed E-state index contributed by atoms with van der Waals surface area (Å²) in [5, 5.41) is 0. The first-order chi connectivity index (χ1) is 9.75. The van der Waals surface area contributed by atoms with Gasteiger partial charge in [-0.25, -0.2) is 9.59 Å². The summed E-state index contributed by atoms with van der Waals surface area (Å²) < 4.78 is 10.9. The maximum absolute atomic E-state index is 12.2. The van der Waals surface area contributed by atoms with Crippen LogP contribution in [0.5, 0.6) is 0 Å². The Morgan fingerprint density at radius 3 is 1.60 bits per heavy atom. The van der Waals surface area contributed by atoms with E-state index >= 15 is 0 Å². The Bertz CT molecular complexity index is 505. The maximum Gasteiger partial charge on any atom is 0.339 e. The summed E-state index contributed by atoms with van der Waals surface area (Å²) >= 11 is 0. The van der Waals surface area contributed by atoms with Gasteiger partial charge in [0.25, 0.3) is 0 Å². The van der Waals surface area contributed by atoms with Gasteiger partial charge in [-0.2, -0.15) is 0 Å². The Hall–Kier alpha value is -1.58. The molecule has 0 aromatic carbocycles. The molecule has 2 atom stereocenters. The van der Waals surface area contributed by atoms with Gasteiger partial charge in [0.2, 0.25) is 0 Å². The van der Waals surface area contributed by atoms with Gasteiger partial charge in [0, 0.05) is 0 Å². The number of hydrogen-bond donors (Lipinski definition) is 0. The molecule has 4 nitrogen and oxygen atoms in total. The fraction of sp³-hybridized carbons (Fsp3) is 0.625. The number of ether oxygens (including phenoxy) is 2. The van der Waals surface area contributed by atoms with Crippen LogP contribution in [0.2, 0.25) is 0 Å². The van der Waals surface area contributed by atoms with Crippen molar-refractivity contribution in [3.8, 4) is 0 Å². The molecule has 0 amide bonds. The number of rotatable bonds is 1. The van der Waals surface area contributed by atoms with E-state index in [1.54, 1.807) is 0 Å². The fourth-order valence-electron chi connectivity index (χ4n) is 3.96. The number of hydrogen-bond acceptors (Lipinski definition) is 4. The van der Waals surface area contributed by atoms with Crippen LogP contribution in [-0.4, -0.2) is 24.1 Å². The molecule has 2 saturated carbocycles. The van der Waals surface area contributed by atoms with E-state index in [4.69, 9.17) is 9.47 Å². The second kappa shape index (κ2) is 4.47. The molecule has 0 aromatic heterocycles. The fourth-order valence-corrected chi connectivity index (χ4v) is 3.96. The molecule has 0 N–H and O–H groups in total. The summed E-state index contributed by atoms with van der Waals surface area (Å²) in [6.07, 6.45) is 7.70. The van der Waals surface area contributed by atoms with Crippen LogP contribution in [0.4, 0.5) is 0 Å². The van der Waals surface area contributed by atoms with E-state index in [0.29, 0.717) is 11.1 Å². The number of esters is 2. The molecule has 0 unspecified atom stereocenters. The molecule has 106 valence electrons. The Balaban J connectivity index is 1.82. The Kier molecular flexibility index (Phi) is 2.72. The van der Waals surface area contributed by atoms with Gasteiger partial charge in [-0.05, 0) is 62.5 Å². The highest BCUT2D eigenvalue weighted by molar-refractivity contribution is 6.10. The van der Waals surface area contributed by atoms with Crippen LogP contribution in [-0.2, 0) is 19.1 Å². The van der Waals surface area contributed by atoms with E-state index < -0.39 is 0 Å². The number of fused-ring (bicyclic) bond motifs is 2. The first kappa shape index (κ1) is 12.2. The third kappa shape index (κ3) is 1.67. The predicted molar refractivity (Wildman–Crippen MR) is 70.7 cm³/mol. The summed E-state index contributed by atoms with van der Waals surface area (Å²) in [5.41, 5.74) is 3.21. The van der Waals surface area contributed by atoms with Crippen LogP contribution in [0.1, 0.15) is 51.4 Å². The number of carbonyl (C=O) groups excluding carboxylic acids is 2. The van der Waals surface area contributed by atoms with E-state index in [-0.39, 0.29) is 24.1 Å². The minimum atomic E-state index is -0.308. The first-order valence-electron chi connectivity index (χ1n) is 7.64. The summed E-state index contributed by atoms with van der Waals surface area (Å²) in [7, 11) is 0. The van der Waals surface area contributed by atoms with Crippen molar-refractivity contribution in [2.75, 3.05) is 0 Å². The molecule has 2 aliphatic carbocycles. The third-order valence-corrected chi connectivity index (χ3v) is 4.90. The quantitative estimate of drug-likeness (QED) is 0.690. The Morgan fingerprint density at radius 2 is 1.15 bits per heavy atom. The predicted octanol–water partition coefficient (Wildman–Crippen LogP) is 2.58. The lowest BCUT2D eigenvalue weighted by Crippen LogP contribution is -2.15. The van der Waals surface area contributed by atoms with Crippen molar-refractivity contribution < 1.29 is 19.1 Å². The number of carbonyl (C=O) groups is 2. The normalized spacial score (nSPS) is 33.0. The minimum Gasteiger partial charge on any atom is -0.454 e. The minimum absolute atomic E-state index is 0.0882. The lowest BCUT2D eigenvalue weighted by Gasteiger charge is -2.19. The largest absolute Gasteiger partial charge is 0.454 e. The Morgan fingerprint density at radius 1 is 0.700 bits per heavy atom. The van der Waals surface area contributed by atoms with Gasteiger partial charge in [-0.1, -0.05) is 0 Å². The van der Waals surface area contributed by atoms with Crippen molar-refractivity contribution in [2.24, 2.45) is 0 Å². The van der Waals surface area contributed by atoms with Crippen LogP contribution in [0.3, 0.4) is 0 Å². The highest BCUT2D eigenvalue weighted by Crippen LogP contribution is 2.43. The van der Waals surface area contributed by atoms with E-state index in [1.807, 2.05) is 0 Å². The smallest absolute Gasteiger partial charge is 0.339 e. The van der Waals surface area contributed by atoms with Gasteiger partial charge >= 0.3 is 11.9 Å². The highest BCUT2D eigenvalue weighted by atomic mass is 16.6. The van der Waals surface area contributed by atoms with Crippen LogP contribution in [0.25, 0.3) is 0 Å². The molecule has 20 heavy (non-hydrogen) atoms. The van der Waals surface area contributed by atoms with Crippen LogP contribution in [0, 0.1) is 0 Å². The standard InChI is InChI=1S/C16H18O4/c17-15-13(9-5-1-3-7-11(9)19-15)14-10-6-2-4-8-12(10)20-16(14)18/h11-12H,1-8H2/t11-,12-/m1/s1. The summed E-state index contributed by atoms with van der Waals surface area (Å²) in [6.45, 7) is 0. The molecule has 4 heteroatoms. The van der Waals surface area contributed by atoms with Gasteiger partial charge in [0.15, 0.2) is 0 Å². The SMILES string of the molecule is O=C1O[C@@H]2CCCCC2=C1C1=C2CCCC[C@H]2OC1=O. The van der Waals surface area contributed by atoms with Crippen LogP contribution in [0.15, 0.2) is 22.3 Å². The molecular weight excluding hydrogens is 256 g/mol. The average molecular weight is 274 g/mol. The highest BCUT2D eigenvalue weighted by Gasteiger charge is 2.45. The summed E-state index contributed by atoms with van der Waals surface area (Å²) in [5.74, 6) is -0.616. The zero-order chi connectivity index (χ0) is 13.7. The topological polar surface area (TPSA) is 52.6 Å². The van der Waals surface area contributed by atoms with Crippen LogP contribution < -0.4 is 0 Å². The zero-order valence-electron chi connectivity index (χ0n) is 11.4. The van der Waals surface area contributed by atoms with Crippen molar-refractivity contribution in [3.63, 3.8) is 0 Å². The van der Waals surface area contributed by atoms with Crippen molar-refractivity contribution in [2.45, 2.75) is 63.6 Å². The molecule has 0 spiro atoms. The molecule has 0 aromatic rings. The average Bonchev–Trinajstić information content (AvgIpc) is 2.94. The van der Waals surface area contributed by atoms with Gasteiger partial charge in [0.1, 0.15) is 12.2 Å². The molecule has 2 heterocycles. The molecule has 0 radical (unpaired) electrons. The summed E-state index contributed by atoms with van der Waals surface area (Å²) in [4.78, 5) is 24.5. The molecule has 2 aliphatic heterocycles. The maximum atomic E-state index is 12.2. The van der Waals surface area contributed by atoms with Gasteiger partial charge in [0.05, 0.1) is 11.1 Å². The lowest BCUT2D eigenvalue weighted by atomic mass is 9.84. The second-order valence-electron chi connectivity index (χ2n) is 6.08. The van der Waals surface area contributed by atoms with Crippen molar-refractivity contribution in [1.29, 1.82) is 0 Å². The van der Waals surface area contributed by atoms with Crippen molar-refractivity contribution in [3.05, 3.63) is 22.3 Å². The van der Waals surface area contributed by atoms with E-state index in [2.05, 4.69) is 0 Å². The van der Waals surface area contributed by atoms with Crippen LogP contribution >= 0.6 is 0 Å². The van der Waals surface area contributed by atoms with Gasteiger partial charge < -0.3 is 9.47 Å². The van der Waals surface area contributed by atoms with Crippen molar-refractivity contribution >= 4 is 11.9 Å². The lowest BCUT2D eigenvalue weighted by molar-refractivity contribution is -0.143. The van der Waals surface area contributed by atoms with Gasteiger partial charge in [-0.15, -0.1) is 0 Å². The molecule has 0 bridgehead atoms. The Labute approximate surface area is 117 Å². The zero-order valence-corrected chi connectivity index (χ0v) is 11.4. The van der Waals surface area contributed by atoms with E-state index in [1.165, 1.54) is 0 Å². The molecular formula is C16H18O4. The molecule has 0 saturated heterocycles. The second-order valence-corrected chi connectivity index (χ2v) is 6.08. The summed E-state index contributed by atoms with van der Waals surface area (Å²) in [6, 6.07) is 0. The van der Waals surface area contributed by atoms with Crippen molar-refractivity contribution in [1.82, 2.24) is 0 Å². The monoisotopic (exact) mass is 274 g/mol. The third-order valence-electron chi connectivity index (χ3n) is 4.90. The van der Waals surface area contributed by atoms with E-state index in [9.17, 15) is 9.59 Å². The first-order valence-corrected chi connectivity index (χ1v) is 7.64. The molecule has 4 aliphatic rings. The van der Waals surface area contributed by atoms with Gasteiger partial charge in [-0.3, -0.25) is 0 Å². The molecule has 4 rings (SSSR count). The van der Waals surface area contributed by atoms with E-state index in [0.717, 1.165) is 62.5 Å².